The maximum Gasteiger partial charge on any atom is 0.413 e. The number of anilines is 1. The third-order valence-electron chi connectivity index (χ3n) is 4.05. The lowest BCUT2D eigenvalue weighted by molar-refractivity contribution is -0.0658. The molecule has 1 aliphatic rings. The SMILES string of the molecule is CCCOc1cccc(NC(=O)OC(COC)N2CCN(C)CC2)c1. The molecule has 1 fully saturated rings. The lowest BCUT2D eigenvalue weighted by Gasteiger charge is -2.36. The van der Waals surface area contributed by atoms with Gasteiger partial charge >= 0.3 is 6.09 Å². The first-order valence-corrected chi connectivity index (χ1v) is 8.74. The number of piperazine rings is 1. The summed E-state index contributed by atoms with van der Waals surface area (Å²) in [5.41, 5.74) is 0.646. The van der Waals surface area contributed by atoms with E-state index in [4.69, 9.17) is 14.2 Å². The highest BCUT2D eigenvalue weighted by Crippen LogP contribution is 2.18. The van der Waals surface area contributed by atoms with Crippen molar-refractivity contribution in [2.24, 2.45) is 0 Å². The lowest BCUT2D eigenvalue weighted by Crippen LogP contribution is -2.52. The highest BCUT2D eigenvalue weighted by molar-refractivity contribution is 5.84. The van der Waals surface area contributed by atoms with E-state index in [1.165, 1.54) is 0 Å². The van der Waals surface area contributed by atoms with Gasteiger partial charge in [-0.15, -0.1) is 0 Å². The van der Waals surface area contributed by atoms with Crippen LogP contribution in [0.15, 0.2) is 24.3 Å². The number of methoxy groups -OCH3 is 1. The first kappa shape index (κ1) is 19.5. The van der Waals surface area contributed by atoms with Crippen LogP contribution in [0.2, 0.25) is 0 Å². The van der Waals surface area contributed by atoms with Crippen LogP contribution < -0.4 is 10.1 Å². The van der Waals surface area contributed by atoms with E-state index in [0.717, 1.165) is 38.3 Å². The number of benzene rings is 1. The molecule has 1 aliphatic heterocycles. The summed E-state index contributed by atoms with van der Waals surface area (Å²) in [5.74, 6) is 0.729. The number of ether oxygens (including phenoxy) is 3. The van der Waals surface area contributed by atoms with Crippen molar-refractivity contribution in [2.45, 2.75) is 19.6 Å². The Morgan fingerprint density at radius 3 is 2.72 bits per heavy atom. The zero-order valence-corrected chi connectivity index (χ0v) is 15.4. The van der Waals surface area contributed by atoms with Crippen molar-refractivity contribution in [3.05, 3.63) is 24.3 Å². The molecule has 1 heterocycles. The van der Waals surface area contributed by atoms with E-state index in [0.29, 0.717) is 18.9 Å². The quantitative estimate of drug-likeness (QED) is 0.775. The van der Waals surface area contributed by atoms with Gasteiger partial charge in [-0.3, -0.25) is 10.2 Å². The molecule has 0 aromatic heterocycles. The van der Waals surface area contributed by atoms with Crippen molar-refractivity contribution in [3.63, 3.8) is 0 Å². The molecular weight excluding hydrogens is 322 g/mol. The number of rotatable bonds is 8. The van der Waals surface area contributed by atoms with Gasteiger partial charge in [-0.2, -0.15) is 0 Å². The molecule has 1 amide bonds. The molecule has 1 unspecified atom stereocenters. The number of nitrogens with one attached hydrogen (secondary N) is 1. The second kappa shape index (κ2) is 10.2. The monoisotopic (exact) mass is 351 g/mol. The van der Waals surface area contributed by atoms with Crippen molar-refractivity contribution in [1.82, 2.24) is 9.80 Å². The van der Waals surface area contributed by atoms with E-state index < -0.39 is 12.3 Å². The Kier molecular flexibility index (Phi) is 7.97. The van der Waals surface area contributed by atoms with Gasteiger partial charge in [0.25, 0.3) is 0 Å². The number of likely N-dealkylation sites (N-methyl/N-ethyl adjacent to an activating group) is 1. The summed E-state index contributed by atoms with van der Waals surface area (Å²) in [7, 11) is 3.70. The third-order valence-corrected chi connectivity index (χ3v) is 4.05. The molecule has 1 aromatic rings. The normalized spacial score (nSPS) is 17.1. The van der Waals surface area contributed by atoms with Gasteiger partial charge in [-0.05, 0) is 25.6 Å². The number of nitrogens with zero attached hydrogens (tertiary/aromatic N) is 2. The summed E-state index contributed by atoms with van der Waals surface area (Å²) in [6, 6.07) is 7.30. The predicted molar refractivity (Wildman–Crippen MR) is 97.1 cm³/mol. The molecule has 0 spiro atoms. The number of hydrogen-bond acceptors (Lipinski definition) is 6. The van der Waals surface area contributed by atoms with Gasteiger partial charge in [0.05, 0.1) is 13.2 Å². The maximum absolute atomic E-state index is 12.3. The Balaban J connectivity index is 1.90. The van der Waals surface area contributed by atoms with E-state index in [-0.39, 0.29) is 0 Å². The van der Waals surface area contributed by atoms with E-state index in [2.05, 4.69) is 22.2 Å². The highest BCUT2D eigenvalue weighted by Gasteiger charge is 2.25. The van der Waals surface area contributed by atoms with Crippen LogP contribution in [0.3, 0.4) is 0 Å². The van der Waals surface area contributed by atoms with E-state index >= 15 is 0 Å². The van der Waals surface area contributed by atoms with E-state index in [9.17, 15) is 4.79 Å². The Hall–Kier alpha value is -1.83. The minimum atomic E-state index is -0.492. The predicted octanol–water partition coefficient (Wildman–Crippen LogP) is 2.24. The van der Waals surface area contributed by atoms with Crippen molar-refractivity contribution >= 4 is 11.8 Å². The van der Waals surface area contributed by atoms with Gasteiger partial charge < -0.3 is 19.1 Å². The first-order chi connectivity index (χ1) is 12.1. The number of carbonyl (C=O) groups is 1. The molecule has 25 heavy (non-hydrogen) atoms. The third kappa shape index (κ3) is 6.53. The fourth-order valence-electron chi connectivity index (χ4n) is 2.62. The van der Waals surface area contributed by atoms with Crippen molar-refractivity contribution < 1.29 is 19.0 Å². The smallest absolute Gasteiger partial charge is 0.413 e. The Bertz CT molecular complexity index is 533. The molecule has 1 aromatic carbocycles. The Morgan fingerprint density at radius 1 is 1.28 bits per heavy atom. The highest BCUT2D eigenvalue weighted by atomic mass is 16.6. The van der Waals surface area contributed by atoms with Gasteiger partial charge in [-0.25, -0.2) is 4.79 Å². The zero-order valence-electron chi connectivity index (χ0n) is 15.4. The van der Waals surface area contributed by atoms with E-state index in [1.54, 1.807) is 19.2 Å². The summed E-state index contributed by atoms with van der Waals surface area (Å²) in [6.07, 6.45) is 0.0514. The van der Waals surface area contributed by atoms with Crippen LogP contribution in [-0.4, -0.2) is 75.7 Å². The molecule has 7 nitrogen and oxygen atoms in total. The minimum Gasteiger partial charge on any atom is -0.494 e. The van der Waals surface area contributed by atoms with Crippen molar-refractivity contribution in [3.8, 4) is 5.75 Å². The van der Waals surface area contributed by atoms with Crippen LogP contribution in [0, 0.1) is 0 Å². The molecular formula is C18H29N3O4. The van der Waals surface area contributed by atoms with Crippen LogP contribution >= 0.6 is 0 Å². The Labute approximate surface area is 149 Å². The Morgan fingerprint density at radius 2 is 2.04 bits per heavy atom. The van der Waals surface area contributed by atoms with Crippen molar-refractivity contribution in [1.29, 1.82) is 0 Å². The van der Waals surface area contributed by atoms with E-state index in [1.807, 2.05) is 19.1 Å². The second-order valence-electron chi connectivity index (χ2n) is 6.16. The second-order valence-corrected chi connectivity index (χ2v) is 6.16. The van der Waals surface area contributed by atoms with Crippen LogP contribution in [0.5, 0.6) is 5.75 Å². The van der Waals surface area contributed by atoms with Crippen LogP contribution in [-0.2, 0) is 9.47 Å². The van der Waals surface area contributed by atoms with Crippen molar-refractivity contribution in [2.75, 3.05) is 58.9 Å². The van der Waals surface area contributed by atoms with Gasteiger partial charge in [-0.1, -0.05) is 13.0 Å². The van der Waals surface area contributed by atoms with Crippen LogP contribution in [0.25, 0.3) is 0 Å². The molecule has 0 saturated carbocycles. The molecule has 7 heteroatoms. The van der Waals surface area contributed by atoms with Crippen LogP contribution in [0.4, 0.5) is 10.5 Å². The molecule has 0 bridgehead atoms. The molecule has 0 radical (unpaired) electrons. The summed E-state index contributed by atoms with van der Waals surface area (Å²) in [5, 5.41) is 2.76. The van der Waals surface area contributed by atoms with Gasteiger partial charge in [0.2, 0.25) is 0 Å². The zero-order chi connectivity index (χ0) is 18.1. The fraction of sp³-hybridized carbons (Fsp3) is 0.611. The van der Waals surface area contributed by atoms with Crippen LogP contribution in [0.1, 0.15) is 13.3 Å². The minimum absolute atomic E-state index is 0.344. The van der Waals surface area contributed by atoms with Gasteiger partial charge in [0.1, 0.15) is 5.75 Å². The average Bonchev–Trinajstić information content (AvgIpc) is 2.60. The topological polar surface area (TPSA) is 63.3 Å². The lowest BCUT2D eigenvalue weighted by atomic mass is 10.3. The summed E-state index contributed by atoms with van der Waals surface area (Å²) in [6.45, 7) is 6.62. The maximum atomic E-state index is 12.3. The largest absolute Gasteiger partial charge is 0.494 e. The molecule has 2 rings (SSSR count). The van der Waals surface area contributed by atoms with Gasteiger partial charge in [0.15, 0.2) is 6.23 Å². The molecule has 1 atom stereocenters. The summed E-state index contributed by atoms with van der Waals surface area (Å²) in [4.78, 5) is 16.6. The molecule has 140 valence electrons. The standard InChI is InChI=1S/C18H29N3O4/c1-4-12-24-16-7-5-6-15(13-16)19-18(22)25-17(14-23-3)21-10-8-20(2)9-11-21/h5-7,13,17H,4,8-12,14H2,1-3H3,(H,19,22). The molecule has 1 N–H and O–H groups in total. The number of hydrogen-bond donors (Lipinski definition) is 1. The molecule has 1 saturated heterocycles. The summed E-state index contributed by atoms with van der Waals surface area (Å²) < 4.78 is 16.4. The number of amides is 1. The molecule has 0 aliphatic carbocycles. The van der Waals surface area contributed by atoms with Gasteiger partial charge in [0, 0.05) is 45.0 Å². The summed E-state index contributed by atoms with van der Waals surface area (Å²) >= 11 is 0. The average molecular weight is 351 g/mol. The first-order valence-electron chi connectivity index (χ1n) is 8.74. The number of carbonyl (C=O) groups excluding carboxylic acids is 1. The fourth-order valence-corrected chi connectivity index (χ4v) is 2.62.